The number of hydrogen-bond acceptors (Lipinski definition) is 4. The molecule has 0 aromatic rings. The minimum atomic E-state index is -0.0925. The Hall–Kier alpha value is -1.52. The molecule has 0 fully saturated rings. The van der Waals surface area contributed by atoms with Gasteiger partial charge in [-0.1, -0.05) is 13.8 Å². The van der Waals surface area contributed by atoms with Crippen molar-refractivity contribution < 1.29 is 9.59 Å². The van der Waals surface area contributed by atoms with Crippen molar-refractivity contribution in [1.29, 1.82) is 0 Å². The highest BCUT2D eigenvalue weighted by molar-refractivity contribution is 5.87. The molecular weight excluding hydrogens is 254 g/mol. The van der Waals surface area contributed by atoms with E-state index in [0.717, 1.165) is 30.7 Å². The molecule has 0 spiro atoms. The first-order chi connectivity index (χ1) is 9.49. The summed E-state index contributed by atoms with van der Waals surface area (Å²) in [6.45, 7) is 8.07. The number of carbonyl (C=O) groups is 2. The van der Waals surface area contributed by atoms with E-state index >= 15 is 0 Å². The fourth-order valence-corrected chi connectivity index (χ4v) is 1.31. The highest BCUT2D eigenvalue weighted by Crippen LogP contribution is 2.01. The SMILES string of the molecule is CCC(C)=NCC(=O)CCCCC(=O)N/N=C(/C)CC. The van der Waals surface area contributed by atoms with Gasteiger partial charge in [-0.3, -0.25) is 14.6 Å². The molecule has 0 bridgehead atoms. The zero-order valence-corrected chi connectivity index (χ0v) is 13.2. The van der Waals surface area contributed by atoms with Crippen LogP contribution in [0.15, 0.2) is 10.1 Å². The molecule has 0 aliphatic heterocycles. The van der Waals surface area contributed by atoms with Gasteiger partial charge in [0.05, 0.1) is 6.54 Å². The lowest BCUT2D eigenvalue weighted by molar-refractivity contribution is -0.121. The number of Topliss-reactive ketones (excluding diaryl/α,β-unsaturated/α-hetero) is 1. The van der Waals surface area contributed by atoms with E-state index in [1.165, 1.54) is 0 Å². The Morgan fingerprint density at radius 2 is 1.55 bits per heavy atom. The smallest absolute Gasteiger partial charge is 0.240 e. The molecule has 114 valence electrons. The number of nitrogens with one attached hydrogen (secondary N) is 1. The fourth-order valence-electron chi connectivity index (χ4n) is 1.31. The van der Waals surface area contributed by atoms with Crippen LogP contribution in [0.5, 0.6) is 0 Å². The largest absolute Gasteiger partial charge is 0.298 e. The van der Waals surface area contributed by atoms with Crippen LogP contribution in [0.25, 0.3) is 0 Å². The average Bonchev–Trinajstić information content (AvgIpc) is 2.46. The molecule has 5 nitrogen and oxygen atoms in total. The van der Waals surface area contributed by atoms with Gasteiger partial charge in [0.2, 0.25) is 5.91 Å². The van der Waals surface area contributed by atoms with Crippen LogP contribution >= 0.6 is 0 Å². The molecular formula is C15H27N3O2. The van der Waals surface area contributed by atoms with Crippen molar-refractivity contribution in [3.05, 3.63) is 0 Å². The molecule has 0 aliphatic rings. The van der Waals surface area contributed by atoms with Crippen molar-refractivity contribution in [1.82, 2.24) is 5.43 Å². The van der Waals surface area contributed by atoms with E-state index in [2.05, 4.69) is 15.5 Å². The Bertz CT molecular complexity index is 337. The van der Waals surface area contributed by atoms with Crippen LogP contribution < -0.4 is 5.43 Å². The molecule has 0 unspecified atom stereocenters. The number of rotatable bonds is 10. The summed E-state index contributed by atoms with van der Waals surface area (Å²) in [5.41, 5.74) is 4.41. The standard InChI is InChI=1S/C15H27N3O2/c1-5-12(3)16-11-14(19)9-7-8-10-15(20)18-17-13(4)6-2/h5-11H2,1-4H3,(H,18,20)/b16-12?,17-13-. The number of hydrazone groups is 1. The van der Waals surface area contributed by atoms with E-state index < -0.39 is 0 Å². The van der Waals surface area contributed by atoms with Gasteiger partial charge in [-0.2, -0.15) is 5.10 Å². The number of nitrogens with zero attached hydrogens (tertiary/aromatic N) is 2. The van der Waals surface area contributed by atoms with Crippen molar-refractivity contribution in [2.24, 2.45) is 10.1 Å². The van der Waals surface area contributed by atoms with Crippen molar-refractivity contribution in [3.63, 3.8) is 0 Å². The van der Waals surface area contributed by atoms with Crippen LogP contribution in [0, 0.1) is 0 Å². The summed E-state index contributed by atoms with van der Waals surface area (Å²) in [6, 6.07) is 0. The number of aliphatic imine (C=N–C) groups is 1. The second kappa shape index (κ2) is 11.3. The number of ketones is 1. The second-order valence-corrected chi connectivity index (χ2v) is 4.89. The van der Waals surface area contributed by atoms with E-state index in [-0.39, 0.29) is 18.2 Å². The minimum Gasteiger partial charge on any atom is -0.298 e. The second-order valence-electron chi connectivity index (χ2n) is 4.89. The van der Waals surface area contributed by atoms with Crippen LogP contribution in [0.3, 0.4) is 0 Å². The molecule has 0 saturated carbocycles. The van der Waals surface area contributed by atoms with Crippen molar-refractivity contribution in [2.75, 3.05) is 6.54 Å². The lowest BCUT2D eigenvalue weighted by Crippen LogP contribution is -2.18. The van der Waals surface area contributed by atoms with Gasteiger partial charge in [0.25, 0.3) is 0 Å². The molecule has 0 heterocycles. The molecule has 0 radical (unpaired) electrons. The van der Waals surface area contributed by atoms with Crippen LogP contribution in [0.1, 0.15) is 66.2 Å². The van der Waals surface area contributed by atoms with E-state index in [9.17, 15) is 9.59 Å². The van der Waals surface area contributed by atoms with Gasteiger partial charge >= 0.3 is 0 Å². The van der Waals surface area contributed by atoms with Gasteiger partial charge < -0.3 is 0 Å². The zero-order valence-electron chi connectivity index (χ0n) is 13.2. The van der Waals surface area contributed by atoms with Crippen LogP contribution in [0.2, 0.25) is 0 Å². The molecule has 5 heteroatoms. The number of unbranched alkanes of at least 4 members (excludes halogenated alkanes) is 1. The van der Waals surface area contributed by atoms with Crippen LogP contribution in [-0.4, -0.2) is 29.7 Å². The normalized spacial score (nSPS) is 12.4. The Kier molecular flexibility index (Phi) is 10.5. The van der Waals surface area contributed by atoms with Crippen LogP contribution in [0.4, 0.5) is 0 Å². The van der Waals surface area contributed by atoms with Gasteiger partial charge in [-0.25, -0.2) is 5.43 Å². The predicted octanol–water partition coefficient (Wildman–Crippen LogP) is 2.89. The van der Waals surface area contributed by atoms with E-state index in [0.29, 0.717) is 19.3 Å². The Labute approximate surface area is 121 Å². The van der Waals surface area contributed by atoms with Crippen molar-refractivity contribution >= 4 is 23.1 Å². The molecule has 1 N–H and O–H groups in total. The molecule has 20 heavy (non-hydrogen) atoms. The quantitative estimate of drug-likeness (QED) is 0.380. The maximum absolute atomic E-state index is 11.5. The topological polar surface area (TPSA) is 70.9 Å². The van der Waals surface area contributed by atoms with E-state index in [4.69, 9.17) is 0 Å². The molecule has 0 aliphatic carbocycles. The fraction of sp³-hybridized carbons (Fsp3) is 0.733. The van der Waals surface area contributed by atoms with E-state index in [1.807, 2.05) is 27.7 Å². The molecule has 0 rings (SSSR count). The first kappa shape index (κ1) is 18.5. The number of hydrogen-bond donors (Lipinski definition) is 1. The van der Waals surface area contributed by atoms with Gasteiger partial charge in [-0.15, -0.1) is 0 Å². The summed E-state index contributed by atoms with van der Waals surface area (Å²) in [6.07, 6.45) is 4.03. The Morgan fingerprint density at radius 1 is 0.950 bits per heavy atom. The minimum absolute atomic E-state index is 0.0925. The summed E-state index contributed by atoms with van der Waals surface area (Å²) in [4.78, 5) is 27.2. The van der Waals surface area contributed by atoms with Gasteiger partial charge in [0, 0.05) is 24.3 Å². The van der Waals surface area contributed by atoms with Crippen molar-refractivity contribution in [3.8, 4) is 0 Å². The number of carbonyl (C=O) groups excluding carboxylic acids is 2. The molecule has 0 atom stereocenters. The zero-order chi connectivity index (χ0) is 15.4. The Morgan fingerprint density at radius 3 is 2.15 bits per heavy atom. The first-order valence-electron chi connectivity index (χ1n) is 7.33. The first-order valence-corrected chi connectivity index (χ1v) is 7.33. The third kappa shape index (κ3) is 10.4. The van der Waals surface area contributed by atoms with E-state index in [1.54, 1.807) is 0 Å². The summed E-state index contributed by atoms with van der Waals surface area (Å²) in [5, 5.41) is 3.95. The summed E-state index contributed by atoms with van der Waals surface area (Å²) >= 11 is 0. The third-order valence-corrected chi connectivity index (χ3v) is 3.03. The average molecular weight is 281 g/mol. The summed E-state index contributed by atoms with van der Waals surface area (Å²) in [5.74, 6) is 0.0446. The van der Waals surface area contributed by atoms with Gasteiger partial charge in [0.15, 0.2) is 5.78 Å². The predicted molar refractivity (Wildman–Crippen MR) is 83.3 cm³/mol. The Balaban J connectivity index is 3.71. The summed E-state index contributed by atoms with van der Waals surface area (Å²) < 4.78 is 0. The molecule has 0 aromatic carbocycles. The van der Waals surface area contributed by atoms with Gasteiger partial charge in [-0.05, 0) is 39.5 Å². The summed E-state index contributed by atoms with van der Waals surface area (Å²) in [7, 11) is 0. The van der Waals surface area contributed by atoms with Gasteiger partial charge in [0.1, 0.15) is 0 Å². The monoisotopic (exact) mass is 281 g/mol. The molecule has 1 amide bonds. The highest BCUT2D eigenvalue weighted by atomic mass is 16.2. The van der Waals surface area contributed by atoms with Crippen molar-refractivity contribution in [2.45, 2.75) is 66.2 Å². The highest BCUT2D eigenvalue weighted by Gasteiger charge is 2.03. The third-order valence-electron chi connectivity index (χ3n) is 3.03. The lowest BCUT2D eigenvalue weighted by Gasteiger charge is -2.01. The van der Waals surface area contributed by atoms with Crippen LogP contribution in [-0.2, 0) is 9.59 Å². The maximum atomic E-state index is 11.5. The molecule has 0 saturated heterocycles. The maximum Gasteiger partial charge on any atom is 0.240 e. The lowest BCUT2D eigenvalue weighted by atomic mass is 10.1. The number of amides is 1. The molecule has 0 aromatic heterocycles.